The number of hydrogen-bond donors (Lipinski definition) is 1. The van der Waals surface area contributed by atoms with Crippen molar-refractivity contribution in [1.82, 2.24) is 9.80 Å². The quantitative estimate of drug-likeness (QED) is 0.354. The van der Waals surface area contributed by atoms with Crippen LogP contribution in [0.2, 0.25) is 0 Å². The average Bonchev–Trinajstić information content (AvgIpc) is 3.07. The second-order valence-corrected chi connectivity index (χ2v) is 7.96. The van der Waals surface area contributed by atoms with Crippen molar-refractivity contribution in [3.63, 3.8) is 0 Å². The fourth-order valence-electron chi connectivity index (χ4n) is 4.02. The number of para-hydroxylation sites is 1. The smallest absolute Gasteiger partial charge is 0.295 e. The van der Waals surface area contributed by atoms with Crippen molar-refractivity contribution >= 4 is 17.4 Å². The van der Waals surface area contributed by atoms with Crippen LogP contribution >= 0.6 is 0 Å². The minimum Gasteiger partial charge on any atom is -0.507 e. The summed E-state index contributed by atoms with van der Waals surface area (Å²) in [5.74, 6) is -0.145. The lowest BCUT2D eigenvalue weighted by molar-refractivity contribution is -0.140. The highest BCUT2D eigenvalue weighted by Crippen LogP contribution is 2.45. The van der Waals surface area contributed by atoms with Gasteiger partial charge in [0.1, 0.15) is 11.5 Å². The fourth-order valence-corrected chi connectivity index (χ4v) is 4.02. The van der Waals surface area contributed by atoms with E-state index in [1.54, 1.807) is 49.6 Å². The zero-order valence-electron chi connectivity index (χ0n) is 19.6. The Bertz CT molecular complexity index is 1050. The van der Waals surface area contributed by atoms with Crippen molar-refractivity contribution in [2.24, 2.45) is 0 Å². The number of hydrogen-bond acceptors (Lipinski definition) is 7. The van der Waals surface area contributed by atoms with Gasteiger partial charge in [-0.15, -0.1) is 0 Å². The van der Waals surface area contributed by atoms with Gasteiger partial charge in [0.15, 0.2) is 11.5 Å². The van der Waals surface area contributed by atoms with Gasteiger partial charge in [0, 0.05) is 17.7 Å². The molecule has 1 N–H and O–H groups in total. The van der Waals surface area contributed by atoms with Gasteiger partial charge in [-0.1, -0.05) is 12.1 Å². The average molecular weight is 455 g/mol. The third kappa shape index (κ3) is 4.80. The summed E-state index contributed by atoms with van der Waals surface area (Å²) >= 11 is 0. The Morgan fingerprint density at radius 1 is 1.00 bits per heavy atom. The Labute approximate surface area is 194 Å². The van der Waals surface area contributed by atoms with E-state index in [2.05, 4.69) is 0 Å². The molecule has 1 atom stereocenters. The number of ether oxygens (including phenoxy) is 3. The minimum atomic E-state index is -0.820. The molecule has 176 valence electrons. The van der Waals surface area contributed by atoms with E-state index in [9.17, 15) is 14.7 Å². The van der Waals surface area contributed by atoms with Crippen LogP contribution in [0.25, 0.3) is 5.76 Å². The Kier molecular flexibility index (Phi) is 7.60. The van der Waals surface area contributed by atoms with Crippen molar-refractivity contribution in [2.75, 3.05) is 48.5 Å². The minimum absolute atomic E-state index is 0.0153. The van der Waals surface area contributed by atoms with Crippen molar-refractivity contribution in [2.45, 2.75) is 12.5 Å². The van der Waals surface area contributed by atoms with E-state index in [1.165, 1.54) is 19.1 Å². The molecule has 33 heavy (non-hydrogen) atoms. The standard InChI is InChI=1S/C25H30N2O6/c1-26(2)14-7-15-27-21(18-8-6-9-19(32-4)24(18)33-5)20(23(29)25(27)30)22(28)16-10-12-17(31-3)13-11-16/h6,8-13,21,28H,7,14-15H2,1-5H3/b22-20+. The topological polar surface area (TPSA) is 88.5 Å². The number of rotatable bonds is 9. The third-order valence-electron chi connectivity index (χ3n) is 5.64. The summed E-state index contributed by atoms with van der Waals surface area (Å²) in [6.07, 6.45) is 0.658. The van der Waals surface area contributed by atoms with Gasteiger partial charge in [0.05, 0.1) is 32.9 Å². The lowest BCUT2D eigenvalue weighted by Gasteiger charge is -2.27. The number of Topliss-reactive ketones (excluding diaryl/α,β-unsaturated/α-hetero) is 1. The first-order valence-corrected chi connectivity index (χ1v) is 10.6. The highest BCUT2D eigenvalue weighted by Gasteiger charge is 2.47. The van der Waals surface area contributed by atoms with Crippen LogP contribution in [0.3, 0.4) is 0 Å². The summed E-state index contributed by atoms with van der Waals surface area (Å²) in [5.41, 5.74) is 0.992. The number of aliphatic hydroxyl groups excluding tert-OH is 1. The Morgan fingerprint density at radius 2 is 1.70 bits per heavy atom. The molecule has 1 saturated heterocycles. The van der Waals surface area contributed by atoms with Crippen LogP contribution in [-0.2, 0) is 9.59 Å². The highest BCUT2D eigenvalue weighted by molar-refractivity contribution is 6.46. The van der Waals surface area contributed by atoms with E-state index in [1.807, 2.05) is 19.0 Å². The van der Waals surface area contributed by atoms with Crippen LogP contribution in [0, 0.1) is 0 Å². The number of benzene rings is 2. The summed E-state index contributed by atoms with van der Waals surface area (Å²) < 4.78 is 16.2. The molecule has 1 aliphatic heterocycles. The SMILES string of the molecule is COc1ccc(/C(O)=C2\C(=O)C(=O)N(CCCN(C)C)C2c2cccc(OC)c2OC)cc1. The zero-order chi connectivity index (χ0) is 24.1. The Hall–Kier alpha value is -3.52. The molecule has 0 bridgehead atoms. The lowest BCUT2D eigenvalue weighted by atomic mass is 9.94. The number of nitrogens with zero attached hydrogens (tertiary/aromatic N) is 2. The molecule has 2 aromatic carbocycles. The molecule has 0 aromatic heterocycles. The molecule has 1 unspecified atom stereocenters. The number of ketones is 1. The van der Waals surface area contributed by atoms with Crippen LogP contribution in [0.4, 0.5) is 0 Å². The van der Waals surface area contributed by atoms with Crippen LogP contribution in [-0.4, -0.2) is 75.1 Å². The predicted octanol–water partition coefficient (Wildman–Crippen LogP) is 3.09. The molecule has 8 heteroatoms. The number of likely N-dealkylation sites (tertiary alicyclic amines) is 1. The van der Waals surface area contributed by atoms with Gasteiger partial charge < -0.3 is 29.1 Å². The molecule has 3 rings (SSSR count). The molecule has 1 fully saturated rings. The third-order valence-corrected chi connectivity index (χ3v) is 5.64. The second kappa shape index (κ2) is 10.4. The largest absolute Gasteiger partial charge is 0.507 e. The molecule has 0 spiro atoms. The maximum atomic E-state index is 13.2. The van der Waals surface area contributed by atoms with Gasteiger partial charge >= 0.3 is 0 Å². The van der Waals surface area contributed by atoms with Gasteiger partial charge in [-0.25, -0.2) is 0 Å². The van der Waals surface area contributed by atoms with Crippen LogP contribution in [0.5, 0.6) is 17.2 Å². The molecule has 0 radical (unpaired) electrons. The molecular formula is C25H30N2O6. The number of amides is 1. The zero-order valence-corrected chi connectivity index (χ0v) is 19.6. The second-order valence-electron chi connectivity index (χ2n) is 7.96. The summed E-state index contributed by atoms with van der Waals surface area (Å²) in [6, 6.07) is 11.1. The maximum Gasteiger partial charge on any atom is 0.295 e. The van der Waals surface area contributed by atoms with Crippen molar-refractivity contribution in [3.05, 3.63) is 59.2 Å². The van der Waals surface area contributed by atoms with E-state index in [4.69, 9.17) is 14.2 Å². The lowest BCUT2D eigenvalue weighted by Crippen LogP contribution is -2.32. The van der Waals surface area contributed by atoms with E-state index >= 15 is 0 Å². The molecule has 0 saturated carbocycles. The van der Waals surface area contributed by atoms with Gasteiger partial charge in [-0.2, -0.15) is 0 Å². The van der Waals surface area contributed by atoms with E-state index in [0.29, 0.717) is 41.3 Å². The summed E-state index contributed by atoms with van der Waals surface area (Å²) in [6.45, 7) is 1.08. The monoisotopic (exact) mass is 454 g/mol. The summed E-state index contributed by atoms with van der Waals surface area (Å²) in [7, 11) is 8.46. The van der Waals surface area contributed by atoms with E-state index in [0.717, 1.165) is 6.54 Å². The molecular weight excluding hydrogens is 424 g/mol. The van der Waals surface area contributed by atoms with Crippen LogP contribution in [0.1, 0.15) is 23.6 Å². The molecule has 0 aliphatic carbocycles. The summed E-state index contributed by atoms with van der Waals surface area (Å²) in [5, 5.41) is 11.2. The normalized spacial score (nSPS) is 17.5. The first kappa shape index (κ1) is 24.1. The fraction of sp³-hybridized carbons (Fsp3) is 0.360. The number of carbonyl (C=O) groups is 2. The molecule has 1 heterocycles. The van der Waals surface area contributed by atoms with E-state index < -0.39 is 17.7 Å². The Balaban J connectivity index is 2.18. The number of methoxy groups -OCH3 is 3. The van der Waals surface area contributed by atoms with Crippen molar-refractivity contribution in [1.29, 1.82) is 0 Å². The Morgan fingerprint density at radius 3 is 2.27 bits per heavy atom. The number of carbonyl (C=O) groups excluding carboxylic acids is 2. The first-order chi connectivity index (χ1) is 15.8. The van der Waals surface area contributed by atoms with Gasteiger partial charge in [-0.05, 0) is 57.4 Å². The number of aliphatic hydroxyl groups is 1. The molecule has 8 nitrogen and oxygen atoms in total. The van der Waals surface area contributed by atoms with Crippen LogP contribution < -0.4 is 14.2 Å². The van der Waals surface area contributed by atoms with Gasteiger partial charge in [-0.3, -0.25) is 9.59 Å². The summed E-state index contributed by atoms with van der Waals surface area (Å²) in [4.78, 5) is 29.8. The molecule has 1 amide bonds. The molecule has 2 aromatic rings. The van der Waals surface area contributed by atoms with E-state index in [-0.39, 0.29) is 11.3 Å². The predicted molar refractivity (Wildman–Crippen MR) is 125 cm³/mol. The van der Waals surface area contributed by atoms with Gasteiger partial charge in [0.25, 0.3) is 11.7 Å². The van der Waals surface area contributed by atoms with Crippen molar-refractivity contribution in [3.8, 4) is 17.2 Å². The maximum absolute atomic E-state index is 13.2. The van der Waals surface area contributed by atoms with Crippen LogP contribution in [0.15, 0.2) is 48.0 Å². The van der Waals surface area contributed by atoms with Crippen molar-refractivity contribution < 1.29 is 28.9 Å². The highest BCUT2D eigenvalue weighted by atomic mass is 16.5. The molecule has 1 aliphatic rings. The van der Waals surface area contributed by atoms with Gasteiger partial charge in [0.2, 0.25) is 0 Å². The first-order valence-electron chi connectivity index (χ1n) is 10.6.